The molecule has 0 spiro atoms. The lowest BCUT2D eigenvalue weighted by Gasteiger charge is -2.33. The van der Waals surface area contributed by atoms with Crippen molar-refractivity contribution >= 4 is 28.2 Å². The van der Waals surface area contributed by atoms with E-state index in [1.807, 2.05) is 0 Å². The van der Waals surface area contributed by atoms with Crippen LogP contribution in [0, 0.1) is 5.92 Å². The molecule has 3 aliphatic rings. The molecule has 1 amide bonds. The van der Waals surface area contributed by atoms with Crippen LogP contribution in [-0.4, -0.2) is 44.7 Å². The molecule has 1 saturated carbocycles. The van der Waals surface area contributed by atoms with Gasteiger partial charge in [-0.1, -0.05) is 46.0 Å². The zero-order valence-corrected chi connectivity index (χ0v) is 26.1. The average Bonchev–Trinajstić information content (AvgIpc) is 3.40. The Balaban J connectivity index is 1.58. The number of hydrogen-bond donors (Lipinski definition) is 1. The molecule has 0 radical (unpaired) electrons. The lowest BCUT2D eigenvalue weighted by Crippen LogP contribution is -2.41. The highest BCUT2D eigenvalue weighted by atomic mass is 32.2. The minimum absolute atomic E-state index is 0.0688. The van der Waals surface area contributed by atoms with Gasteiger partial charge in [0.1, 0.15) is 11.0 Å². The first kappa shape index (κ1) is 28.9. The standard InChI is InChI=1S/C31H45N3O3S2/c1-19(2)24-17-22(18-25-28(24)39(36)34(20(3)4)31(25,5)6)27-26(16-21-10-8-7-9-11-21)33-30(38-27)29(35)32-23-12-14-37-15-13-23/h17-21,23H,7-16H2,1-6H3,(H,32,35). The number of carbonyl (C=O) groups excluding carboxylic acids is 1. The smallest absolute Gasteiger partial charge is 0.280 e. The topological polar surface area (TPSA) is 71.5 Å². The van der Waals surface area contributed by atoms with E-state index in [1.54, 1.807) is 0 Å². The third-order valence-corrected chi connectivity index (χ3v) is 11.9. The Kier molecular flexibility index (Phi) is 8.68. The number of aromatic nitrogens is 1. The van der Waals surface area contributed by atoms with Gasteiger partial charge in [-0.15, -0.1) is 11.3 Å². The summed E-state index contributed by atoms with van der Waals surface area (Å²) in [5.74, 6) is 0.780. The number of rotatable bonds is 7. The van der Waals surface area contributed by atoms with E-state index in [-0.39, 0.29) is 29.4 Å². The van der Waals surface area contributed by atoms with Crippen molar-refractivity contribution < 1.29 is 13.7 Å². The first-order valence-electron chi connectivity index (χ1n) is 14.9. The van der Waals surface area contributed by atoms with Gasteiger partial charge >= 0.3 is 0 Å². The van der Waals surface area contributed by atoms with Crippen LogP contribution in [0.2, 0.25) is 0 Å². The number of benzene rings is 1. The maximum Gasteiger partial charge on any atom is 0.280 e. The van der Waals surface area contributed by atoms with Crippen molar-refractivity contribution in [2.75, 3.05) is 13.2 Å². The van der Waals surface area contributed by atoms with Gasteiger partial charge in [0.05, 0.1) is 21.0 Å². The molecule has 2 aromatic rings. The number of fused-ring (bicyclic) bond motifs is 1. The summed E-state index contributed by atoms with van der Waals surface area (Å²) in [5.41, 5.74) is 4.09. The first-order chi connectivity index (χ1) is 18.6. The SMILES string of the molecule is CC(C)c1cc(-c2sc(C(=O)NC3CCOCC3)nc2CC2CCCCC2)cc2c1S(=O)N(C(C)C)C2(C)C. The Labute approximate surface area is 240 Å². The summed E-state index contributed by atoms with van der Waals surface area (Å²) in [4.78, 5) is 20.5. The van der Waals surface area contributed by atoms with E-state index < -0.39 is 11.0 Å². The van der Waals surface area contributed by atoms with Crippen LogP contribution in [0.25, 0.3) is 10.4 Å². The van der Waals surface area contributed by atoms with Crippen LogP contribution in [0.3, 0.4) is 0 Å². The van der Waals surface area contributed by atoms with Gasteiger partial charge < -0.3 is 10.1 Å². The molecule has 3 heterocycles. The summed E-state index contributed by atoms with van der Waals surface area (Å²) in [5, 5.41) is 3.78. The molecule has 1 aliphatic carbocycles. The van der Waals surface area contributed by atoms with Crippen molar-refractivity contribution in [2.45, 2.75) is 121 Å². The van der Waals surface area contributed by atoms with Crippen molar-refractivity contribution in [3.63, 3.8) is 0 Å². The predicted molar refractivity (Wildman–Crippen MR) is 160 cm³/mol. The number of nitrogens with one attached hydrogen (secondary N) is 1. The second kappa shape index (κ2) is 11.7. The molecule has 214 valence electrons. The minimum Gasteiger partial charge on any atom is -0.381 e. The molecule has 8 heteroatoms. The van der Waals surface area contributed by atoms with E-state index in [9.17, 15) is 9.00 Å². The van der Waals surface area contributed by atoms with Gasteiger partial charge in [0.15, 0.2) is 5.01 Å². The largest absolute Gasteiger partial charge is 0.381 e. The summed E-state index contributed by atoms with van der Waals surface area (Å²) in [6.07, 6.45) is 8.96. The van der Waals surface area contributed by atoms with Gasteiger partial charge in [-0.05, 0) is 87.6 Å². The normalized spacial score (nSPS) is 22.5. The fourth-order valence-electron chi connectivity index (χ4n) is 6.69. The third-order valence-electron chi connectivity index (χ3n) is 8.69. The molecular weight excluding hydrogens is 526 g/mol. The van der Waals surface area contributed by atoms with Gasteiger partial charge in [0.25, 0.3) is 5.91 Å². The number of amides is 1. The summed E-state index contributed by atoms with van der Waals surface area (Å²) in [6.45, 7) is 14.4. The van der Waals surface area contributed by atoms with E-state index in [0.717, 1.165) is 51.4 Å². The summed E-state index contributed by atoms with van der Waals surface area (Å²) in [6, 6.07) is 4.78. The maximum absolute atomic E-state index is 13.8. The Morgan fingerprint density at radius 3 is 2.46 bits per heavy atom. The number of thiazole rings is 1. The molecule has 1 unspecified atom stereocenters. The zero-order chi connectivity index (χ0) is 27.9. The molecule has 39 heavy (non-hydrogen) atoms. The molecule has 2 fully saturated rings. The van der Waals surface area contributed by atoms with E-state index in [4.69, 9.17) is 9.72 Å². The first-order valence-corrected chi connectivity index (χ1v) is 16.8. The maximum atomic E-state index is 13.8. The second-order valence-corrected chi connectivity index (χ2v) is 15.0. The predicted octanol–water partition coefficient (Wildman–Crippen LogP) is 6.95. The van der Waals surface area contributed by atoms with Crippen LogP contribution in [-0.2, 0) is 27.7 Å². The highest BCUT2D eigenvalue weighted by Crippen LogP contribution is 2.48. The molecule has 1 atom stereocenters. The lowest BCUT2D eigenvalue weighted by molar-refractivity contribution is 0.0696. The van der Waals surface area contributed by atoms with Gasteiger partial charge in [-0.25, -0.2) is 13.5 Å². The van der Waals surface area contributed by atoms with Crippen molar-refractivity contribution in [2.24, 2.45) is 5.92 Å². The molecule has 6 nitrogen and oxygen atoms in total. The molecular formula is C31H45N3O3S2. The van der Waals surface area contributed by atoms with Crippen LogP contribution in [0.5, 0.6) is 0 Å². The molecule has 1 saturated heterocycles. The Morgan fingerprint density at radius 1 is 1.13 bits per heavy atom. The van der Waals surface area contributed by atoms with E-state index in [2.05, 4.69) is 63.3 Å². The average molecular weight is 572 g/mol. The Morgan fingerprint density at radius 2 is 1.82 bits per heavy atom. The van der Waals surface area contributed by atoms with Gasteiger partial charge in [-0.3, -0.25) is 4.79 Å². The highest BCUT2D eigenvalue weighted by Gasteiger charge is 2.46. The monoisotopic (exact) mass is 571 g/mol. The lowest BCUT2D eigenvalue weighted by atomic mass is 9.84. The van der Waals surface area contributed by atoms with Crippen LogP contribution in [0.1, 0.15) is 119 Å². The van der Waals surface area contributed by atoms with Crippen molar-refractivity contribution in [1.29, 1.82) is 0 Å². The fourth-order valence-corrected chi connectivity index (χ4v) is 9.76. The quantitative estimate of drug-likeness (QED) is 0.391. The summed E-state index contributed by atoms with van der Waals surface area (Å²) < 4.78 is 21.4. The zero-order valence-electron chi connectivity index (χ0n) is 24.5. The summed E-state index contributed by atoms with van der Waals surface area (Å²) >= 11 is 1.53. The number of nitrogens with zero attached hydrogens (tertiary/aromatic N) is 2. The van der Waals surface area contributed by atoms with E-state index in [1.165, 1.54) is 43.4 Å². The summed E-state index contributed by atoms with van der Waals surface area (Å²) in [7, 11) is -1.20. The Hall–Kier alpha value is -1.61. The van der Waals surface area contributed by atoms with Crippen LogP contribution in [0.15, 0.2) is 17.0 Å². The van der Waals surface area contributed by atoms with Crippen molar-refractivity contribution in [3.8, 4) is 10.4 Å². The molecule has 1 aromatic heterocycles. The second-order valence-electron chi connectivity index (χ2n) is 12.7. The number of ether oxygens (including phenoxy) is 1. The minimum atomic E-state index is -1.20. The van der Waals surface area contributed by atoms with Gasteiger partial charge in [-0.2, -0.15) is 0 Å². The van der Waals surface area contributed by atoms with Crippen LogP contribution >= 0.6 is 11.3 Å². The Bertz CT molecular complexity index is 1220. The number of carbonyl (C=O) groups is 1. The van der Waals surface area contributed by atoms with Crippen molar-refractivity contribution in [3.05, 3.63) is 34.0 Å². The van der Waals surface area contributed by atoms with Crippen molar-refractivity contribution in [1.82, 2.24) is 14.6 Å². The molecule has 1 aromatic carbocycles. The molecule has 0 bridgehead atoms. The molecule has 1 N–H and O–H groups in total. The van der Waals surface area contributed by atoms with E-state index >= 15 is 0 Å². The molecule has 2 aliphatic heterocycles. The van der Waals surface area contributed by atoms with E-state index in [0.29, 0.717) is 24.1 Å². The fraction of sp³-hybridized carbons (Fsp3) is 0.677. The number of hydrogen-bond acceptors (Lipinski definition) is 5. The van der Waals surface area contributed by atoms with Gasteiger partial charge in [0, 0.05) is 25.3 Å². The van der Waals surface area contributed by atoms with Gasteiger partial charge in [0.2, 0.25) is 0 Å². The van der Waals surface area contributed by atoms with Crippen LogP contribution in [0.4, 0.5) is 0 Å². The van der Waals surface area contributed by atoms with Crippen LogP contribution < -0.4 is 5.32 Å². The highest BCUT2D eigenvalue weighted by molar-refractivity contribution is 7.83. The molecule has 5 rings (SSSR count). The third kappa shape index (κ3) is 5.77.